The van der Waals surface area contributed by atoms with E-state index < -0.39 is 0 Å². The van der Waals surface area contributed by atoms with Crippen LogP contribution in [-0.4, -0.2) is 19.7 Å². The molecule has 1 fully saturated rings. The molecule has 0 bridgehead atoms. The first-order valence-electron chi connectivity index (χ1n) is 8.65. The second-order valence-corrected chi connectivity index (χ2v) is 6.49. The number of anilines is 1. The summed E-state index contributed by atoms with van der Waals surface area (Å²) < 4.78 is 5.29. The lowest BCUT2D eigenvalue weighted by molar-refractivity contribution is 0.348. The number of hydrogen-bond donors (Lipinski definition) is 0. The zero-order valence-electron chi connectivity index (χ0n) is 14.0. The van der Waals surface area contributed by atoms with Gasteiger partial charge in [0.1, 0.15) is 5.75 Å². The predicted octanol–water partition coefficient (Wildman–Crippen LogP) is 5.27. The molecule has 0 aliphatic heterocycles. The molecule has 21 heavy (non-hydrogen) atoms. The third-order valence-electron chi connectivity index (χ3n) is 4.82. The van der Waals surface area contributed by atoms with Crippen molar-refractivity contribution in [3.63, 3.8) is 0 Å². The van der Waals surface area contributed by atoms with Crippen molar-refractivity contribution < 1.29 is 4.74 Å². The van der Waals surface area contributed by atoms with Crippen molar-refractivity contribution in [1.82, 2.24) is 0 Å². The van der Waals surface area contributed by atoms with Gasteiger partial charge in [-0.25, -0.2) is 0 Å². The summed E-state index contributed by atoms with van der Waals surface area (Å²) in [5.74, 6) is 1.82. The molecule has 0 aromatic heterocycles. The number of ether oxygens (including phenoxy) is 1. The summed E-state index contributed by atoms with van der Waals surface area (Å²) in [7, 11) is 1.73. The Morgan fingerprint density at radius 2 is 1.81 bits per heavy atom. The number of nitrogens with zero attached hydrogens (tertiary/aromatic N) is 1. The van der Waals surface area contributed by atoms with Crippen molar-refractivity contribution in [3.8, 4) is 5.75 Å². The molecule has 1 atom stereocenters. The Morgan fingerprint density at radius 3 is 2.38 bits per heavy atom. The molecule has 0 heterocycles. The van der Waals surface area contributed by atoms with Crippen molar-refractivity contribution in [2.24, 2.45) is 5.92 Å². The van der Waals surface area contributed by atoms with Crippen molar-refractivity contribution in [1.29, 1.82) is 0 Å². The molecule has 0 amide bonds. The van der Waals surface area contributed by atoms with Gasteiger partial charge < -0.3 is 9.64 Å². The maximum atomic E-state index is 5.29. The highest BCUT2D eigenvalue weighted by atomic mass is 16.5. The molecule has 0 saturated heterocycles. The second-order valence-electron chi connectivity index (χ2n) is 6.49. The lowest BCUT2D eigenvalue weighted by Crippen LogP contribution is -2.37. The van der Waals surface area contributed by atoms with Crippen molar-refractivity contribution in [2.45, 2.75) is 64.8 Å². The van der Waals surface area contributed by atoms with E-state index in [1.807, 2.05) is 0 Å². The Morgan fingerprint density at radius 1 is 1.14 bits per heavy atom. The number of methoxy groups -OCH3 is 1. The molecular formula is C19H31NO. The van der Waals surface area contributed by atoms with Crippen LogP contribution in [0.3, 0.4) is 0 Å². The average Bonchev–Trinajstić information content (AvgIpc) is 2.54. The highest BCUT2D eigenvalue weighted by molar-refractivity contribution is 5.50. The molecule has 2 rings (SSSR count). The molecule has 1 aliphatic carbocycles. The Hall–Kier alpha value is -1.18. The van der Waals surface area contributed by atoms with Crippen LogP contribution in [0.4, 0.5) is 5.69 Å². The Bertz CT molecular complexity index is 395. The zero-order chi connectivity index (χ0) is 15.1. The van der Waals surface area contributed by atoms with Gasteiger partial charge in [-0.3, -0.25) is 0 Å². The highest BCUT2D eigenvalue weighted by Crippen LogP contribution is 2.29. The van der Waals surface area contributed by atoms with Gasteiger partial charge >= 0.3 is 0 Å². The molecule has 1 saturated carbocycles. The minimum Gasteiger partial charge on any atom is -0.497 e. The molecule has 1 aromatic rings. The fourth-order valence-electron chi connectivity index (χ4n) is 3.54. The predicted molar refractivity (Wildman–Crippen MR) is 91.3 cm³/mol. The van der Waals surface area contributed by atoms with Crippen LogP contribution in [0.1, 0.15) is 58.8 Å². The van der Waals surface area contributed by atoms with Gasteiger partial charge in [-0.1, -0.05) is 32.6 Å². The van der Waals surface area contributed by atoms with Gasteiger partial charge in [-0.05, 0) is 56.4 Å². The summed E-state index contributed by atoms with van der Waals surface area (Å²) >= 11 is 0. The third kappa shape index (κ3) is 4.66. The van der Waals surface area contributed by atoms with Crippen LogP contribution in [0.15, 0.2) is 24.3 Å². The van der Waals surface area contributed by atoms with Gasteiger partial charge in [-0.2, -0.15) is 0 Å². The van der Waals surface area contributed by atoms with E-state index in [4.69, 9.17) is 4.74 Å². The van der Waals surface area contributed by atoms with Crippen LogP contribution in [0.5, 0.6) is 5.75 Å². The van der Waals surface area contributed by atoms with E-state index in [1.165, 1.54) is 57.2 Å². The van der Waals surface area contributed by atoms with E-state index in [2.05, 4.69) is 43.0 Å². The molecule has 1 aromatic carbocycles. The number of benzene rings is 1. The summed E-state index contributed by atoms with van der Waals surface area (Å²) in [4.78, 5) is 2.62. The van der Waals surface area contributed by atoms with Crippen LogP contribution in [0.25, 0.3) is 0 Å². The van der Waals surface area contributed by atoms with E-state index in [1.54, 1.807) is 7.11 Å². The topological polar surface area (TPSA) is 12.5 Å². The first-order chi connectivity index (χ1) is 10.2. The lowest BCUT2D eigenvalue weighted by atomic mass is 9.88. The molecule has 0 radical (unpaired) electrons. The standard InChI is InChI=1S/C19H31NO/c1-4-8-16(2)20(15-17-9-6-5-7-10-17)18-11-13-19(21-3)14-12-18/h11-14,16-17H,4-10,15H2,1-3H3. The SMILES string of the molecule is CCCC(C)N(CC1CCCCC1)c1ccc(OC)cc1. The van der Waals surface area contributed by atoms with Crippen LogP contribution in [-0.2, 0) is 0 Å². The quantitative estimate of drug-likeness (QED) is 0.678. The molecule has 0 N–H and O–H groups in total. The summed E-state index contributed by atoms with van der Waals surface area (Å²) in [6.07, 6.45) is 9.60. The van der Waals surface area contributed by atoms with Crippen LogP contribution in [0.2, 0.25) is 0 Å². The lowest BCUT2D eigenvalue weighted by Gasteiger charge is -2.36. The van der Waals surface area contributed by atoms with E-state index in [-0.39, 0.29) is 0 Å². The van der Waals surface area contributed by atoms with Crippen molar-refractivity contribution in [3.05, 3.63) is 24.3 Å². The summed E-state index contributed by atoms with van der Waals surface area (Å²) in [6.45, 7) is 5.87. The van der Waals surface area contributed by atoms with E-state index in [0.717, 1.165) is 11.7 Å². The minimum atomic E-state index is 0.616. The van der Waals surface area contributed by atoms with Crippen LogP contribution in [0, 0.1) is 5.92 Å². The Kier molecular flexibility index (Phi) is 6.41. The fourth-order valence-corrected chi connectivity index (χ4v) is 3.54. The average molecular weight is 289 g/mol. The first-order valence-corrected chi connectivity index (χ1v) is 8.65. The van der Waals surface area contributed by atoms with Gasteiger partial charge in [0.25, 0.3) is 0 Å². The van der Waals surface area contributed by atoms with Crippen molar-refractivity contribution >= 4 is 5.69 Å². The van der Waals surface area contributed by atoms with Crippen molar-refractivity contribution in [2.75, 3.05) is 18.6 Å². The van der Waals surface area contributed by atoms with Gasteiger partial charge in [0.2, 0.25) is 0 Å². The summed E-state index contributed by atoms with van der Waals surface area (Å²) in [5, 5.41) is 0. The Labute approximate surface area is 130 Å². The molecule has 1 aliphatic rings. The zero-order valence-corrected chi connectivity index (χ0v) is 14.0. The number of hydrogen-bond acceptors (Lipinski definition) is 2. The maximum absolute atomic E-state index is 5.29. The van der Waals surface area contributed by atoms with Gasteiger partial charge in [0, 0.05) is 18.3 Å². The molecule has 2 nitrogen and oxygen atoms in total. The molecule has 118 valence electrons. The smallest absolute Gasteiger partial charge is 0.119 e. The van der Waals surface area contributed by atoms with Crippen LogP contribution < -0.4 is 9.64 Å². The largest absolute Gasteiger partial charge is 0.497 e. The molecule has 0 spiro atoms. The van der Waals surface area contributed by atoms with E-state index in [0.29, 0.717) is 6.04 Å². The van der Waals surface area contributed by atoms with Gasteiger partial charge in [0.15, 0.2) is 0 Å². The van der Waals surface area contributed by atoms with Gasteiger partial charge in [0.05, 0.1) is 7.11 Å². The van der Waals surface area contributed by atoms with E-state index in [9.17, 15) is 0 Å². The number of rotatable bonds is 7. The van der Waals surface area contributed by atoms with E-state index >= 15 is 0 Å². The summed E-state index contributed by atoms with van der Waals surface area (Å²) in [5.41, 5.74) is 1.35. The third-order valence-corrected chi connectivity index (χ3v) is 4.82. The highest BCUT2D eigenvalue weighted by Gasteiger charge is 2.21. The molecule has 2 heteroatoms. The van der Waals surface area contributed by atoms with Crippen LogP contribution >= 0.6 is 0 Å². The second kappa shape index (κ2) is 8.31. The minimum absolute atomic E-state index is 0.616. The van der Waals surface area contributed by atoms with Gasteiger partial charge in [-0.15, -0.1) is 0 Å². The molecular weight excluding hydrogens is 258 g/mol. The monoisotopic (exact) mass is 289 g/mol. The maximum Gasteiger partial charge on any atom is 0.119 e. The molecule has 1 unspecified atom stereocenters. The summed E-state index contributed by atoms with van der Waals surface area (Å²) in [6, 6.07) is 9.22. The fraction of sp³-hybridized carbons (Fsp3) is 0.684. The Balaban J connectivity index is 2.09. The normalized spacial score (nSPS) is 17.5. The first kappa shape index (κ1) is 16.2.